The third-order valence-corrected chi connectivity index (χ3v) is 2.83. The molecule has 0 aliphatic rings. The molecule has 0 spiro atoms. The lowest BCUT2D eigenvalue weighted by Gasteiger charge is -2.27. The van der Waals surface area contributed by atoms with Gasteiger partial charge in [0.25, 0.3) is 0 Å². The van der Waals surface area contributed by atoms with E-state index in [0.29, 0.717) is 0 Å². The molecule has 0 saturated carbocycles. The molecule has 0 rings (SSSR count). The summed E-state index contributed by atoms with van der Waals surface area (Å²) in [6, 6.07) is -1.35. The van der Waals surface area contributed by atoms with E-state index in [9.17, 15) is 19.2 Å². The van der Waals surface area contributed by atoms with Crippen molar-refractivity contribution in [1.82, 2.24) is 10.2 Å². The van der Waals surface area contributed by atoms with Crippen molar-refractivity contribution in [2.45, 2.75) is 65.2 Å². The lowest BCUT2D eigenvalue weighted by Crippen LogP contribution is -2.45. The molecule has 0 bridgehead atoms. The molecule has 1 atom stereocenters. The first-order valence-electron chi connectivity index (χ1n) is 8.55. The number of nitrogens with two attached hydrogens (primary N) is 1. The molecule has 10 nitrogen and oxygen atoms in total. The van der Waals surface area contributed by atoms with Gasteiger partial charge in [0.15, 0.2) is 5.78 Å². The standard InChI is InChI=1S/C17H31N3O7/c1-16(2,3)26-14(24)19-7-8-20(15(25)27-17(4,5)6)10-11(21)9-12(18)13(22)23/h12H,7-10,18H2,1-6H3,(H,19,24)(H,22,23)/t12-/m0/s1. The fourth-order valence-electron chi connectivity index (χ4n) is 1.78. The molecule has 0 aromatic carbocycles. The lowest BCUT2D eigenvalue weighted by molar-refractivity contribution is -0.140. The largest absolute Gasteiger partial charge is 0.480 e. The van der Waals surface area contributed by atoms with Gasteiger partial charge in [-0.25, -0.2) is 9.59 Å². The maximum atomic E-state index is 12.3. The summed E-state index contributed by atoms with van der Waals surface area (Å²) in [5, 5.41) is 11.3. The van der Waals surface area contributed by atoms with Crippen molar-refractivity contribution < 1.29 is 33.8 Å². The Labute approximate surface area is 159 Å². The SMILES string of the molecule is CC(C)(C)OC(=O)NCCN(CC(=O)C[C@H](N)C(=O)O)C(=O)OC(C)(C)C. The molecule has 0 heterocycles. The fraction of sp³-hybridized carbons (Fsp3) is 0.765. The summed E-state index contributed by atoms with van der Waals surface area (Å²) in [6.07, 6.45) is -1.84. The van der Waals surface area contributed by atoms with Crippen molar-refractivity contribution in [3.63, 3.8) is 0 Å². The fourth-order valence-corrected chi connectivity index (χ4v) is 1.78. The van der Waals surface area contributed by atoms with Gasteiger partial charge in [0.2, 0.25) is 0 Å². The van der Waals surface area contributed by atoms with Gasteiger partial charge in [0, 0.05) is 19.5 Å². The number of carbonyl (C=O) groups is 4. The Balaban J connectivity index is 4.84. The van der Waals surface area contributed by atoms with E-state index in [1.54, 1.807) is 41.5 Å². The number of nitrogens with one attached hydrogen (secondary N) is 1. The highest BCUT2D eigenvalue weighted by molar-refractivity contribution is 5.88. The van der Waals surface area contributed by atoms with Crippen LogP contribution in [0.5, 0.6) is 0 Å². The van der Waals surface area contributed by atoms with Crippen LogP contribution in [0.4, 0.5) is 9.59 Å². The third kappa shape index (κ3) is 12.6. The molecule has 0 aliphatic carbocycles. The van der Waals surface area contributed by atoms with Gasteiger partial charge in [0.05, 0.1) is 6.54 Å². The molecule has 0 aliphatic heterocycles. The Bertz CT molecular complexity index is 550. The Morgan fingerprint density at radius 2 is 1.56 bits per heavy atom. The second-order valence-corrected chi connectivity index (χ2v) is 8.02. The van der Waals surface area contributed by atoms with E-state index in [2.05, 4.69) is 5.32 Å². The number of ketones is 1. The number of aliphatic carboxylic acids is 1. The monoisotopic (exact) mass is 389 g/mol. The summed E-state index contributed by atoms with van der Waals surface area (Å²) in [5.74, 6) is -1.84. The molecule has 4 N–H and O–H groups in total. The van der Waals surface area contributed by atoms with Crippen LogP contribution in [0.1, 0.15) is 48.0 Å². The minimum absolute atomic E-state index is 0.0203. The van der Waals surface area contributed by atoms with Crippen LogP contribution >= 0.6 is 0 Å². The zero-order chi connectivity index (χ0) is 21.4. The van der Waals surface area contributed by atoms with Gasteiger partial charge in [-0.2, -0.15) is 0 Å². The number of hydrogen-bond donors (Lipinski definition) is 3. The second-order valence-electron chi connectivity index (χ2n) is 8.02. The van der Waals surface area contributed by atoms with Crippen molar-refractivity contribution in [1.29, 1.82) is 0 Å². The minimum atomic E-state index is -1.35. The van der Waals surface area contributed by atoms with E-state index in [-0.39, 0.29) is 19.6 Å². The van der Waals surface area contributed by atoms with Crippen LogP contribution in [-0.4, -0.2) is 70.8 Å². The quantitative estimate of drug-likeness (QED) is 0.559. The predicted octanol–water partition coefficient (Wildman–Crippen LogP) is 1.12. The molecule has 10 heteroatoms. The summed E-state index contributed by atoms with van der Waals surface area (Å²) in [6.45, 7) is 9.76. The van der Waals surface area contributed by atoms with Crippen molar-refractivity contribution in [2.75, 3.05) is 19.6 Å². The van der Waals surface area contributed by atoms with Crippen molar-refractivity contribution in [3.05, 3.63) is 0 Å². The van der Waals surface area contributed by atoms with Crippen LogP contribution < -0.4 is 11.1 Å². The van der Waals surface area contributed by atoms with Crippen LogP contribution in [0.3, 0.4) is 0 Å². The van der Waals surface area contributed by atoms with Crippen LogP contribution in [-0.2, 0) is 19.1 Å². The zero-order valence-corrected chi connectivity index (χ0v) is 16.8. The average molecular weight is 389 g/mol. The average Bonchev–Trinajstić information content (AvgIpc) is 2.41. The summed E-state index contributed by atoms with van der Waals surface area (Å²) in [7, 11) is 0. The number of carboxylic acid groups (broad SMARTS) is 1. The van der Waals surface area contributed by atoms with Gasteiger partial charge in [-0.15, -0.1) is 0 Å². The number of carbonyl (C=O) groups excluding carboxylic acids is 3. The van der Waals surface area contributed by atoms with Gasteiger partial charge in [-0.3, -0.25) is 14.5 Å². The van der Waals surface area contributed by atoms with Crippen LogP contribution in [0.15, 0.2) is 0 Å². The second kappa shape index (κ2) is 10.1. The van der Waals surface area contributed by atoms with Crippen LogP contribution in [0.25, 0.3) is 0 Å². The number of carboxylic acids is 1. The highest BCUT2D eigenvalue weighted by atomic mass is 16.6. The number of Topliss-reactive ketones (excluding diaryl/α,β-unsaturated/α-hetero) is 1. The number of amides is 2. The predicted molar refractivity (Wildman–Crippen MR) is 97.3 cm³/mol. The van der Waals surface area contributed by atoms with Crippen LogP contribution in [0, 0.1) is 0 Å². The Kier molecular flexibility index (Phi) is 9.22. The maximum Gasteiger partial charge on any atom is 0.410 e. The van der Waals surface area contributed by atoms with Gasteiger partial charge in [-0.1, -0.05) is 0 Å². The third-order valence-electron chi connectivity index (χ3n) is 2.83. The molecule has 0 saturated heterocycles. The zero-order valence-electron chi connectivity index (χ0n) is 16.8. The molecule has 0 unspecified atom stereocenters. The molecule has 0 radical (unpaired) electrons. The number of ether oxygens (including phenoxy) is 2. The molecule has 156 valence electrons. The topological polar surface area (TPSA) is 148 Å². The van der Waals surface area contributed by atoms with E-state index in [4.69, 9.17) is 20.3 Å². The minimum Gasteiger partial charge on any atom is -0.480 e. The van der Waals surface area contributed by atoms with Gasteiger partial charge in [0.1, 0.15) is 17.2 Å². The van der Waals surface area contributed by atoms with E-state index in [1.165, 1.54) is 0 Å². The highest BCUT2D eigenvalue weighted by Crippen LogP contribution is 2.10. The molecular formula is C17H31N3O7. The molecule has 0 fully saturated rings. The van der Waals surface area contributed by atoms with Gasteiger partial charge < -0.3 is 25.6 Å². The van der Waals surface area contributed by atoms with Crippen molar-refractivity contribution in [3.8, 4) is 0 Å². The maximum absolute atomic E-state index is 12.3. The normalized spacial score (nSPS) is 12.7. The summed E-state index contributed by atoms with van der Waals surface area (Å²) in [5.41, 5.74) is 3.89. The van der Waals surface area contributed by atoms with E-state index >= 15 is 0 Å². The van der Waals surface area contributed by atoms with Crippen molar-refractivity contribution in [2.24, 2.45) is 5.73 Å². The first-order chi connectivity index (χ1) is 12.1. The molecular weight excluding hydrogens is 358 g/mol. The van der Waals surface area contributed by atoms with Gasteiger partial charge >= 0.3 is 18.2 Å². The smallest absolute Gasteiger partial charge is 0.410 e. The number of rotatable bonds is 8. The van der Waals surface area contributed by atoms with Crippen molar-refractivity contribution >= 4 is 23.9 Å². The number of alkyl carbamates (subject to hydrolysis) is 1. The molecule has 2 amide bonds. The molecule has 27 heavy (non-hydrogen) atoms. The highest BCUT2D eigenvalue weighted by Gasteiger charge is 2.26. The molecule has 0 aromatic rings. The lowest BCUT2D eigenvalue weighted by atomic mass is 10.1. The van der Waals surface area contributed by atoms with E-state index in [0.717, 1.165) is 4.90 Å². The number of nitrogens with zero attached hydrogens (tertiary/aromatic N) is 1. The van der Waals surface area contributed by atoms with Crippen LogP contribution in [0.2, 0.25) is 0 Å². The number of hydrogen-bond acceptors (Lipinski definition) is 7. The van der Waals surface area contributed by atoms with Gasteiger partial charge in [-0.05, 0) is 41.5 Å². The Hall–Kier alpha value is -2.36. The first kappa shape index (κ1) is 24.6. The molecule has 0 aromatic heterocycles. The summed E-state index contributed by atoms with van der Waals surface area (Å²) >= 11 is 0. The summed E-state index contributed by atoms with van der Waals surface area (Å²) < 4.78 is 10.3. The Morgan fingerprint density at radius 3 is 2.00 bits per heavy atom. The van der Waals surface area contributed by atoms with E-state index < -0.39 is 47.6 Å². The summed E-state index contributed by atoms with van der Waals surface area (Å²) in [4.78, 5) is 47.8. The van der Waals surface area contributed by atoms with E-state index in [1.807, 2.05) is 0 Å². The first-order valence-corrected chi connectivity index (χ1v) is 8.55. The Morgan fingerprint density at radius 1 is 1.04 bits per heavy atom.